The van der Waals surface area contributed by atoms with Crippen LogP contribution in [0.4, 0.5) is 0 Å². The molecule has 0 fully saturated rings. The SMILES string of the molecule is CCCCCCCCCCCOc1c(OCCC(C)CCCC(C)C)c(OCCC(C)CCCC(C)C)cc2c1C(=O)c1cc(OCCC(C)CCCC(C)C)c(OCCC(C)CCCC(C)C)c(OCCCCCCCCCCC)c1C2=O. The predicted molar refractivity (Wildman–Crippen MR) is 357 cm³/mol. The van der Waals surface area contributed by atoms with Gasteiger partial charge >= 0.3 is 0 Å². The molecule has 84 heavy (non-hydrogen) atoms. The van der Waals surface area contributed by atoms with Crippen molar-refractivity contribution >= 4 is 11.6 Å². The number of carbonyl (C=O) groups excluding carboxylic acids is 2. The van der Waals surface area contributed by atoms with Crippen LogP contribution in [-0.2, 0) is 0 Å². The lowest BCUT2D eigenvalue weighted by molar-refractivity contribution is 0.0968. The first kappa shape index (κ1) is 74.8. The van der Waals surface area contributed by atoms with Crippen LogP contribution in [0.1, 0.15) is 347 Å². The molecule has 8 nitrogen and oxygen atoms in total. The van der Waals surface area contributed by atoms with E-state index in [1.807, 2.05) is 0 Å². The molecule has 3 rings (SSSR count). The Morgan fingerprint density at radius 1 is 0.274 bits per heavy atom. The topological polar surface area (TPSA) is 89.5 Å². The van der Waals surface area contributed by atoms with E-state index < -0.39 is 0 Å². The van der Waals surface area contributed by atoms with E-state index in [4.69, 9.17) is 28.4 Å². The molecule has 8 heteroatoms. The highest BCUT2D eigenvalue weighted by molar-refractivity contribution is 6.31. The van der Waals surface area contributed by atoms with E-state index in [0.717, 1.165) is 89.9 Å². The van der Waals surface area contributed by atoms with Gasteiger partial charge in [-0.15, -0.1) is 0 Å². The van der Waals surface area contributed by atoms with E-state index in [0.29, 0.717) is 121 Å². The summed E-state index contributed by atoms with van der Waals surface area (Å²) in [5.74, 6) is 6.41. The molecule has 0 aromatic heterocycles. The molecule has 0 radical (unpaired) electrons. The molecule has 1 aliphatic rings. The van der Waals surface area contributed by atoms with Crippen LogP contribution in [0.5, 0.6) is 34.5 Å². The van der Waals surface area contributed by atoms with Crippen LogP contribution < -0.4 is 28.4 Å². The van der Waals surface area contributed by atoms with Crippen molar-refractivity contribution in [3.8, 4) is 34.5 Å². The van der Waals surface area contributed by atoms with Crippen molar-refractivity contribution in [3.05, 3.63) is 34.4 Å². The normalized spacial score (nSPS) is 13.9. The second kappa shape index (κ2) is 44.9. The largest absolute Gasteiger partial charge is 0.490 e. The van der Waals surface area contributed by atoms with E-state index >= 15 is 9.59 Å². The number of benzene rings is 2. The summed E-state index contributed by atoms with van der Waals surface area (Å²) >= 11 is 0. The number of ether oxygens (including phenoxy) is 6. The summed E-state index contributed by atoms with van der Waals surface area (Å²) in [6.07, 6.45) is 38.7. The Balaban J connectivity index is 2.24. The highest BCUT2D eigenvalue weighted by Crippen LogP contribution is 2.51. The first-order valence-electron chi connectivity index (χ1n) is 35.8. The first-order chi connectivity index (χ1) is 40.5. The van der Waals surface area contributed by atoms with Crippen LogP contribution in [0.25, 0.3) is 0 Å². The lowest BCUT2D eigenvalue weighted by atomic mass is 9.82. The standard InChI is InChI=1S/C76H132O8/c1-15-17-19-21-23-25-27-29-31-49-81-75-69-65(55-67(79-51-45-61(11)41-33-37-57(3)4)73(75)83-53-47-63(13)43-35-39-59(7)8)72(78)70-66(71(69)77)56-68(80-52-46-62(12)42-34-38-58(5)6)74(84-54-48-64(14)44-36-40-60(9)10)76(70)82-50-32-30-28-26-24-22-20-18-16-2/h55-64H,15-54H2,1-14H3. The Kier molecular flexibility index (Phi) is 40.0. The second-order valence-electron chi connectivity index (χ2n) is 28.2. The van der Waals surface area contributed by atoms with Gasteiger partial charge in [0.2, 0.25) is 11.5 Å². The van der Waals surface area contributed by atoms with E-state index in [9.17, 15) is 0 Å². The highest BCUT2D eigenvalue weighted by Gasteiger charge is 2.41. The van der Waals surface area contributed by atoms with Gasteiger partial charge in [0, 0.05) is 11.1 Å². The summed E-state index contributed by atoms with van der Waals surface area (Å²) in [6, 6.07) is 3.59. The van der Waals surface area contributed by atoms with Gasteiger partial charge in [-0.05, 0) is 98.0 Å². The smallest absolute Gasteiger partial charge is 0.204 e. The minimum atomic E-state index is -0.288. The van der Waals surface area contributed by atoms with Crippen LogP contribution in [0.3, 0.4) is 0 Å². The molecule has 2 aromatic carbocycles. The van der Waals surface area contributed by atoms with Gasteiger partial charge in [-0.3, -0.25) is 9.59 Å². The zero-order chi connectivity index (χ0) is 61.5. The van der Waals surface area contributed by atoms with Crippen molar-refractivity contribution in [1.29, 1.82) is 0 Å². The maximum absolute atomic E-state index is 15.9. The van der Waals surface area contributed by atoms with Crippen molar-refractivity contribution in [2.24, 2.45) is 47.3 Å². The highest BCUT2D eigenvalue weighted by atomic mass is 16.5. The van der Waals surface area contributed by atoms with Crippen LogP contribution >= 0.6 is 0 Å². The summed E-state index contributed by atoms with van der Waals surface area (Å²) in [7, 11) is 0. The quantitative estimate of drug-likeness (QED) is 0.0517. The van der Waals surface area contributed by atoms with Gasteiger partial charge < -0.3 is 28.4 Å². The van der Waals surface area contributed by atoms with Gasteiger partial charge in [-0.2, -0.15) is 0 Å². The molecule has 0 saturated heterocycles. The molecular weight excluding hydrogens is 1040 g/mol. The predicted octanol–water partition coefficient (Wildman–Crippen LogP) is 23.2. The maximum Gasteiger partial charge on any atom is 0.204 e. The van der Waals surface area contributed by atoms with Crippen molar-refractivity contribution in [3.63, 3.8) is 0 Å². The Labute approximate surface area is 518 Å². The van der Waals surface area contributed by atoms with E-state index in [1.54, 1.807) is 12.1 Å². The number of unbranched alkanes of at least 4 members (excludes halogenated alkanes) is 16. The molecular formula is C76H132O8. The summed E-state index contributed by atoms with van der Waals surface area (Å²) in [4.78, 5) is 31.8. The zero-order valence-electron chi connectivity index (χ0n) is 57.3. The lowest BCUT2D eigenvalue weighted by Gasteiger charge is -2.28. The summed E-state index contributed by atoms with van der Waals surface area (Å²) in [6.45, 7) is 34.7. The fourth-order valence-corrected chi connectivity index (χ4v) is 11.8. The number of hydrogen-bond acceptors (Lipinski definition) is 8. The lowest BCUT2D eigenvalue weighted by Crippen LogP contribution is -2.25. The van der Waals surface area contributed by atoms with Crippen LogP contribution in [0.15, 0.2) is 12.1 Å². The zero-order valence-corrected chi connectivity index (χ0v) is 57.3. The maximum atomic E-state index is 15.9. The van der Waals surface area contributed by atoms with Crippen LogP contribution in [0, 0.1) is 47.3 Å². The van der Waals surface area contributed by atoms with Crippen molar-refractivity contribution < 1.29 is 38.0 Å². The third-order valence-electron chi connectivity index (χ3n) is 17.7. The molecule has 0 spiro atoms. The average Bonchev–Trinajstić information content (AvgIpc) is 1.55. The monoisotopic (exact) mass is 1170 g/mol. The molecule has 0 aliphatic heterocycles. The fraction of sp³-hybridized carbons (Fsp3) is 0.816. The third kappa shape index (κ3) is 30.5. The van der Waals surface area contributed by atoms with Gasteiger partial charge in [-0.25, -0.2) is 0 Å². The van der Waals surface area contributed by atoms with Gasteiger partial charge in [-0.1, -0.05) is 277 Å². The molecule has 0 amide bonds. The molecule has 4 unspecified atom stereocenters. The Morgan fingerprint density at radius 3 is 0.798 bits per heavy atom. The molecule has 0 bridgehead atoms. The Bertz CT molecular complexity index is 1890. The van der Waals surface area contributed by atoms with Crippen molar-refractivity contribution in [1.82, 2.24) is 0 Å². The summed E-state index contributed by atoms with van der Waals surface area (Å²) < 4.78 is 41.4. The first-order valence-corrected chi connectivity index (χ1v) is 35.8. The van der Waals surface area contributed by atoms with Gasteiger partial charge in [0.1, 0.15) is 0 Å². The van der Waals surface area contributed by atoms with Gasteiger partial charge in [0.05, 0.1) is 50.8 Å². The molecule has 0 saturated carbocycles. The fourth-order valence-electron chi connectivity index (χ4n) is 11.8. The summed E-state index contributed by atoms with van der Waals surface area (Å²) in [5, 5.41) is 0. The molecule has 2 aromatic rings. The Morgan fingerprint density at radius 2 is 0.524 bits per heavy atom. The molecule has 484 valence electrons. The number of ketones is 2. The van der Waals surface area contributed by atoms with Gasteiger partial charge in [0.15, 0.2) is 34.6 Å². The molecule has 4 atom stereocenters. The molecule has 1 aliphatic carbocycles. The number of hydrogen-bond donors (Lipinski definition) is 0. The van der Waals surface area contributed by atoms with E-state index in [2.05, 4.69) is 96.9 Å². The number of rotatable bonds is 54. The van der Waals surface area contributed by atoms with E-state index in [-0.39, 0.29) is 33.8 Å². The number of fused-ring (bicyclic) bond motifs is 2. The summed E-state index contributed by atoms with van der Waals surface area (Å²) in [5.41, 5.74) is 1.03. The molecule has 0 heterocycles. The second-order valence-corrected chi connectivity index (χ2v) is 28.2. The van der Waals surface area contributed by atoms with Gasteiger partial charge in [0.25, 0.3) is 0 Å². The Hall–Kier alpha value is -3.42. The van der Waals surface area contributed by atoms with Crippen molar-refractivity contribution in [2.75, 3.05) is 39.6 Å². The average molecular weight is 1170 g/mol. The van der Waals surface area contributed by atoms with Crippen LogP contribution in [-0.4, -0.2) is 51.2 Å². The number of carbonyl (C=O) groups is 2. The van der Waals surface area contributed by atoms with Crippen LogP contribution in [0.2, 0.25) is 0 Å². The minimum absolute atomic E-state index is 0.247. The van der Waals surface area contributed by atoms with Crippen molar-refractivity contribution in [2.45, 2.75) is 315 Å². The molecule has 0 N–H and O–H groups in total. The third-order valence-corrected chi connectivity index (χ3v) is 17.7. The van der Waals surface area contributed by atoms with E-state index in [1.165, 1.54) is 128 Å². The minimum Gasteiger partial charge on any atom is -0.490 e.